The van der Waals surface area contributed by atoms with Gasteiger partial charge in [-0.15, -0.1) is 0 Å². The minimum Gasteiger partial charge on any atom is -0.357 e. The highest BCUT2D eigenvalue weighted by atomic mass is 35.5. The van der Waals surface area contributed by atoms with E-state index in [-0.39, 0.29) is 23.8 Å². The van der Waals surface area contributed by atoms with Crippen LogP contribution in [0, 0.1) is 6.92 Å². The summed E-state index contributed by atoms with van der Waals surface area (Å²) in [6, 6.07) is 28.2. The number of likely N-dealkylation sites (N-methyl/N-ethyl adjacent to an activating group) is 1. The number of rotatable bonds is 11. The maximum Gasteiger partial charge on any atom is 0.264 e. The number of para-hydroxylation sites is 1. The van der Waals surface area contributed by atoms with Crippen LogP contribution in [-0.4, -0.2) is 44.8 Å². The summed E-state index contributed by atoms with van der Waals surface area (Å²) in [5.41, 5.74) is 2.69. The zero-order valence-electron chi connectivity index (χ0n) is 23.2. The number of anilines is 1. The van der Waals surface area contributed by atoms with Crippen LogP contribution in [0.1, 0.15) is 16.7 Å². The maximum atomic E-state index is 14.2. The van der Waals surface area contributed by atoms with E-state index >= 15 is 0 Å². The summed E-state index contributed by atoms with van der Waals surface area (Å²) in [7, 11) is -2.65. The van der Waals surface area contributed by atoms with E-state index in [4.69, 9.17) is 23.2 Å². The van der Waals surface area contributed by atoms with Crippen LogP contribution in [0.3, 0.4) is 0 Å². The van der Waals surface area contributed by atoms with Gasteiger partial charge in [-0.05, 0) is 54.4 Å². The number of nitrogens with zero attached hydrogens (tertiary/aromatic N) is 2. The van der Waals surface area contributed by atoms with Gasteiger partial charge in [-0.2, -0.15) is 0 Å². The Bertz CT molecular complexity index is 1630. The normalized spacial score (nSPS) is 11.9. The highest BCUT2D eigenvalue weighted by molar-refractivity contribution is 7.92. The van der Waals surface area contributed by atoms with Gasteiger partial charge in [-0.3, -0.25) is 13.9 Å². The average Bonchev–Trinajstić information content (AvgIpc) is 3.00. The van der Waals surface area contributed by atoms with Gasteiger partial charge in [0, 0.05) is 20.0 Å². The summed E-state index contributed by atoms with van der Waals surface area (Å²) in [6.07, 6.45) is 0.212. The molecule has 4 rings (SSSR count). The van der Waals surface area contributed by atoms with Crippen LogP contribution >= 0.6 is 23.2 Å². The van der Waals surface area contributed by atoms with Gasteiger partial charge in [-0.1, -0.05) is 95.5 Å². The van der Waals surface area contributed by atoms with E-state index in [1.165, 1.54) is 24.1 Å². The number of aryl methyl sites for hydroxylation is 1. The Kier molecular flexibility index (Phi) is 10.3. The van der Waals surface area contributed by atoms with E-state index in [0.29, 0.717) is 21.3 Å². The molecule has 0 radical (unpaired) electrons. The number of carbonyl (C=O) groups excluding carboxylic acids is 2. The van der Waals surface area contributed by atoms with Crippen molar-refractivity contribution in [1.82, 2.24) is 10.2 Å². The fourth-order valence-electron chi connectivity index (χ4n) is 4.52. The molecule has 0 aromatic heterocycles. The SMILES string of the molecule is CNC(=O)[C@H](Cc1ccccc1)N(Cc1ccc(Cl)c(Cl)c1)C(=O)CN(c1ccccc1)S(=O)(=O)c1ccc(C)cc1. The van der Waals surface area contributed by atoms with Crippen molar-refractivity contribution in [2.75, 3.05) is 17.9 Å². The molecule has 10 heteroatoms. The van der Waals surface area contributed by atoms with Gasteiger partial charge < -0.3 is 10.2 Å². The number of sulfonamides is 1. The molecule has 7 nitrogen and oxygen atoms in total. The van der Waals surface area contributed by atoms with E-state index in [1.807, 2.05) is 37.3 Å². The molecule has 0 spiro atoms. The van der Waals surface area contributed by atoms with E-state index in [9.17, 15) is 18.0 Å². The molecular formula is C32H31Cl2N3O4S. The monoisotopic (exact) mass is 623 g/mol. The molecule has 0 fully saturated rings. The van der Waals surface area contributed by atoms with Crippen LogP contribution in [0.15, 0.2) is 108 Å². The third-order valence-corrected chi connectivity index (χ3v) is 9.31. The molecule has 4 aromatic rings. The predicted octanol–water partition coefficient (Wildman–Crippen LogP) is 5.88. The van der Waals surface area contributed by atoms with Crippen LogP contribution in [-0.2, 0) is 32.6 Å². The van der Waals surface area contributed by atoms with Gasteiger partial charge in [0.05, 0.1) is 20.6 Å². The second kappa shape index (κ2) is 13.9. The molecule has 0 heterocycles. The van der Waals surface area contributed by atoms with Gasteiger partial charge in [-0.25, -0.2) is 8.42 Å². The molecule has 0 unspecified atom stereocenters. The van der Waals surface area contributed by atoms with Gasteiger partial charge in [0.25, 0.3) is 10.0 Å². The van der Waals surface area contributed by atoms with Crippen molar-refractivity contribution in [2.24, 2.45) is 0 Å². The smallest absolute Gasteiger partial charge is 0.264 e. The van der Waals surface area contributed by atoms with E-state index in [0.717, 1.165) is 15.4 Å². The standard InChI is InChI=1S/C32H31Cl2N3O4S/c1-23-13-16-27(17-14-23)42(40,41)37(26-11-7-4-8-12-26)22-31(38)36(21-25-15-18-28(33)29(34)19-25)30(32(39)35-2)20-24-9-5-3-6-10-24/h3-19,30H,20-22H2,1-2H3,(H,35,39)/t30-/m0/s1. The third-order valence-electron chi connectivity index (χ3n) is 6.79. The van der Waals surface area contributed by atoms with Gasteiger partial charge >= 0.3 is 0 Å². The summed E-state index contributed by atoms with van der Waals surface area (Å²) in [5.74, 6) is -0.954. The topological polar surface area (TPSA) is 86.8 Å². The zero-order chi connectivity index (χ0) is 30.3. The molecule has 42 heavy (non-hydrogen) atoms. The van der Waals surface area contributed by atoms with Crippen molar-refractivity contribution in [3.8, 4) is 0 Å². The van der Waals surface area contributed by atoms with Crippen LogP contribution < -0.4 is 9.62 Å². The second-order valence-electron chi connectivity index (χ2n) is 9.75. The molecule has 0 bridgehead atoms. The van der Waals surface area contributed by atoms with Crippen molar-refractivity contribution in [1.29, 1.82) is 0 Å². The number of benzene rings is 4. The summed E-state index contributed by atoms with van der Waals surface area (Å²) in [4.78, 5) is 29.0. The predicted molar refractivity (Wildman–Crippen MR) is 167 cm³/mol. The lowest BCUT2D eigenvalue weighted by Gasteiger charge is -2.33. The molecule has 0 aliphatic rings. The third kappa shape index (κ3) is 7.50. The lowest BCUT2D eigenvalue weighted by atomic mass is 10.0. The number of hydrogen-bond acceptors (Lipinski definition) is 4. The quantitative estimate of drug-likeness (QED) is 0.226. The first kappa shape index (κ1) is 31.1. The number of amides is 2. The summed E-state index contributed by atoms with van der Waals surface area (Å²) >= 11 is 12.4. The van der Waals surface area contributed by atoms with Crippen LogP contribution in [0.5, 0.6) is 0 Å². The first-order valence-corrected chi connectivity index (χ1v) is 15.4. The van der Waals surface area contributed by atoms with Crippen molar-refractivity contribution >= 4 is 50.7 Å². The van der Waals surface area contributed by atoms with E-state index < -0.39 is 28.5 Å². The fraction of sp³-hybridized carbons (Fsp3) is 0.188. The van der Waals surface area contributed by atoms with Crippen LogP contribution in [0.25, 0.3) is 0 Å². The largest absolute Gasteiger partial charge is 0.357 e. The summed E-state index contributed by atoms with van der Waals surface area (Å²) in [5, 5.41) is 3.31. The minimum atomic E-state index is -4.15. The Morgan fingerprint density at radius 1 is 0.810 bits per heavy atom. The summed E-state index contributed by atoms with van der Waals surface area (Å²) in [6.45, 7) is 1.32. The molecule has 4 aromatic carbocycles. The summed E-state index contributed by atoms with van der Waals surface area (Å²) < 4.78 is 28.9. The number of carbonyl (C=O) groups is 2. The number of nitrogens with one attached hydrogen (secondary N) is 1. The zero-order valence-corrected chi connectivity index (χ0v) is 25.5. The van der Waals surface area contributed by atoms with Crippen LogP contribution in [0.2, 0.25) is 10.0 Å². The molecular weight excluding hydrogens is 593 g/mol. The molecule has 0 saturated heterocycles. The Morgan fingerprint density at radius 3 is 2.02 bits per heavy atom. The molecule has 2 amide bonds. The van der Waals surface area contributed by atoms with Gasteiger partial charge in [0.1, 0.15) is 12.6 Å². The van der Waals surface area contributed by atoms with Crippen LogP contribution in [0.4, 0.5) is 5.69 Å². The Balaban J connectivity index is 1.78. The molecule has 0 saturated carbocycles. The van der Waals surface area contributed by atoms with Gasteiger partial charge in [0.15, 0.2) is 0 Å². The molecule has 0 aliphatic heterocycles. The van der Waals surface area contributed by atoms with Gasteiger partial charge in [0.2, 0.25) is 11.8 Å². The Morgan fingerprint density at radius 2 is 1.43 bits per heavy atom. The molecule has 218 valence electrons. The van der Waals surface area contributed by atoms with Crippen molar-refractivity contribution < 1.29 is 18.0 Å². The van der Waals surface area contributed by atoms with E-state index in [2.05, 4.69) is 5.32 Å². The second-order valence-corrected chi connectivity index (χ2v) is 12.4. The number of hydrogen-bond donors (Lipinski definition) is 1. The molecule has 0 aliphatic carbocycles. The molecule has 1 atom stereocenters. The first-order chi connectivity index (χ1) is 20.1. The lowest BCUT2D eigenvalue weighted by Crippen LogP contribution is -2.53. The lowest BCUT2D eigenvalue weighted by molar-refractivity contribution is -0.139. The highest BCUT2D eigenvalue weighted by Crippen LogP contribution is 2.27. The average molecular weight is 625 g/mol. The maximum absolute atomic E-state index is 14.2. The Hall–Kier alpha value is -3.85. The van der Waals surface area contributed by atoms with Crippen molar-refractivity contribution in [3.63, 3.8) is 0 Å². The Labute approximate surface area is 256 Å². The van der Waals surface area contributed by atoms with E-state index in [1.54, 1.807) is 60.7 Å². The first-order valence-electron chi connectivity index (χ1n) is 13.2. The fourth-order valence-corrected chi connectivity index (χ4v) is 6.25. The highest BCUT2D eigenvalue weighted by Gasteiger charge is 2.34. The van der Waals surface area contributed by atoms with Crippen molar-refractivity contribution in [3.05, 3.63) is 130 Å². The number of halogens is 2. The minimum absolute atomic E-state index is 0.00610. The molecule has 1 N–H and O–H groups in total. The van der Waals surface area contributed by atoms with Crippen molar-refractivity contribution in [2.45, 2.75) is 30.8 Å².